The van der Waals surface area contributed by atoms with E-state index in [0.717, 1.165) is 27.4 Å². The molecule has 0 atom stereocenters. The van der Waals surface area contributed by atoms with Gasteiger partial charge in [0, 0.05) is 10.0 Å². The Balaban J connectivity index is 1.66. The predicted molar refractivity (Wildman–Crippen MR) is 164 cm³/mol. The van der Waals surface area contributed by atoms with Crippen molar-refractivity contribution >= 4 is 66.6 Å². The zero-order valence-electron chi connectivity index (χ0n) is 21.9. The zero-order valence-corrected chi connectivity index (χ0v) is 25.9. The van der Waals surface area contributed by atoms with E-state index in [1.807, 2.05) is 30.3 Å². The Bertz CT molecular complexity index is 1550. The first-order valence-corrected chi connectivity index (χ1v) is 14.6. The van der Waals surface area contributed by atoms with Crippen molar-refractivity contribution in [3.8, 4) is 11.5 Å². The highest BCUT2D eigenvalue weighted by molar-refractivity contribution is 9.10. The van der Waals surface area contributed by atoms with Gasteiger partial charge in [0.1, 0.15) is 23.0 Å². The lowest BCUT2D eigenvalue weighted by atomic mass is 10.1. The molecule has 0 unspecified atom stereocenters. The molecule has 40 heavy (non-hydrogen) atoms. The number of thioether (sulfide) groups is 1. The van der Waals surface area contributed by atoms with Gasteiger partial charge in [-0.05, 0) is 82.9 Å². The van der Waals surface area contributed by atoms with Gasteiger partial charge in [0.25, 0.3) is 5.91 Å². The van der Waals surface area contributed by atoms with Crippen LogP contribution >= 0.6 is 43.6 Å². The summed E-state index contributed by atoms with van der Waals surface area (Å²) in [5.41, 5.74) is 2.65. The molecule has 0 bridgehead atoms. The number of esters is 1. The largest absolute Gasteiger partial charge is 0.506 e. The maximum Gasteiger partial charge on any atom is 0.344 e. The highest BCUT2D eigenvalue weighted by Crippen LogP contribution is 2.42. The molecule has 0 radical (unpaired) electrons. The monoisotopic (exact) mass is 685 g/mol. The first-order chi connectivity index (χ1) is 19.2. The third-order valence-electron chi connectivity index (χ3n) is 5.79. The molecule has 4 rings (SSSR count). The summed E-state index contributed by atoms with van der Waals surface area (Å²) in [5, 5.41) is 11.1. The van der Waals surface area contributed by atoms with Crippen molar-refractivity contribution in [2.24, 2.45) is 4.99 Å². The average molecular weight is 687 g/mol. The van der Waals surface area contributed by atoms with Gasteiger partial charge in [-0.25, -0.2) is 9.79 Å². The Morgan fingerprint density at radius 1 is 1.07 bits per heavy atom. The Hall–Kier alpha value is -3.34. The molecule has 0 saturated heterocycles. The fourth-order valence-corrected chi connectivity index (χ4v) is 5.66. The van der Waals surface area contributed by atoms with E-state index in [1.165, 1.54) is 7.11 Å². The summed E-state index contributed by atoms with van der Waals surface area (Å²) >= 11 is 7.99. The van der Waals surface area contributed by atoms with Crippen LogP contribution in [-0.2, 0) is 16.1 Å². The summed E-state index contributed by atoms with van der Waals surface area (Å²) in [6.07, 6.45) is 1.67. The van der Waals surface area contributed by atoms with Crippen LogP contribution in [0.1, 0.15) is 34.0 Å². The number of aliphatic hydroxyl groups is 1. The number of carbonyl (C=O) groups is 2. The molecule has 0 aromatic heterocycles. The Kier molecular flexibility index (Phi) is 9.89. The zero-order chi connectivity index (χ0) is 28.8. The number of rotatable bonds is 8. The third kappa shape index (κ3) is 6.86. The fraction of sp³-hybridized carbons (Fsp3) is 0.167. The SMILES string of the molecule is CCOC(=O)C1=C(O)/C(=C/c2cc(Br)c(OCc3ccc(Br)cc3)c(OC)c2)SC1=NC(=O)c1ccccc1C. The lowest BCUT2D eigenvalue weighted by Gasteiger charge is -2.14. The molecule has 3 aromatic carbocycles. The molecular formula is C30H25Br2NO6S. The van der Waals surface area contributed by atoms with Gasteiger partial charge in [-0.15, -0.1) is 0 Å². The van der Waals surface area contributed by atoms with Crippen molar-refractivity contribution in [2.75, 3.05) is 13.7 Å². The van der Waals surface area contributed by atoms with E-state index in [4.69, 9.17) is 14.2 Å². The molecule has 1 N–H and O–H groups in total. The van der Waals surface area contributed by atoms with Gasteiger partial charge in [-0.3, -0.25) is 4.79 Å². The van der Waals surface area contributed by atoms with Crippen molar-refractivity contribution in [3.63, 3.8) is 0 Å². The molecule has 0 fully saturated rings. The van der Waals surface area contributed by atoms with Gasteiger partial charge in [0.05, 0.1) is 23.1 Å². The topological polar surface area (TPSA) is 94.4 Å². The van der Waals surface area contributed by atoms with Crippen molar-refractivity contribution in [2.45, 2.75) is 20.5 Å². The van der Waals surface area contributed by atoms with Crippen molar-refractivity contribution in [1.29, 1.82) is 0 Å². The van der Waals surface area contributed by atoms with E-state index in [9.17, 15) is 14.7 Å². The number of hydrogen-bond donors (Lipinski definition) is 1. The quantitative estimate of drug-likeness (QED) is 0.242. The normalized spacial score (nSPS) is 15.0. The Morgan fingerprint density at radius 2 is 1.80 bits per heavy atom. The maximum atomic E-state index is 12.9. The molecule has 0 aliphatic carbocycles. The highest BCUT2D eigenvalue weighted by Gasteiger charge is 2.34. The van der Waals surface area contributed by atoms with Crippen molar-refractivity contribution < 1.29 is 28.9 Å². The van der Waals surface area contributed by atoms with Crippen LogP contribution in [-0.4, -0.2) is 35.7 Å². The molecule has 206 valence electrons. The molecule has 3 aromatic rings. The van der Waals surface area contributed by atoms with E-state index in [2.05, 4.69) is 36.9 Å². The third-order valence-corrected chi connectivity index (χ3v) is 7.93. The highest BCUT2D eigenvalue weighted by atomic mass is 79.9. The molecule has 0 saturated carbocycles. The van der Waals surface area contributed by atoms with E-state index in [0.29, 0.717) is 38.6 Å². The van der Waals surface area contributed by atoms with Crippen LogP contribution in [0.5, 0.6) is 11.5 Å². The van der Waals surface area contributed by atoms with Crippen molar-refractivity contribution in [1.82, 2.24) is 0 Å². The number of carbonyl (C=O) groups excluding carboxylic acids is 2. The van der Waals surface area contributed by atoms with Gasteiger partial charge < -0.3 is 19.3 Å². The molecule has 7 nitrogen and oxygen atoms in total. The standard InChI is InChI=1S/C30H25Br2NO6S/c1-4-38-30(36)25-26(34)24(40-29(25)33-28(35)21-8-6-5-7-17(21)2)15-19-13-22(32)27(23(14-19)37-3)39-16-18-9-11-20(31)12-10-18/h5-15,34H,4,16H2,1-3H3/b24-15-,33-29?. The summed E-state index contributed by atoms with van der Waals surface area (Å²) in [4.78, 5) is 30.2. The lowest BCUT2D eigenvalue weighted by molar-refractivity contribution is -0.138. The predicted octanol–water partition coefficient (Wildman–Crippen LogP) is 7.81. The molecule has 1 amide bonds. The number of halogens is 2. The molecule has 10 heteroatoms. The van der Waals surface area contributed by atoms with Crippen LogP contribution < -0.4 is 9.47 Å². The molecule has 1 aliphatic rings. The number of aliphatic imine (C=N–C) groups is 1. The van der Waals surface area contributed by atoms with Crippen LogP contribution in [0.25, 0.3) is 6.08 Å². The number of amides is 1. The van der Waals surface area contributed by atoms with Gasteiger partial charge in [-0.1, -0.05) is 58.0 Å². The second-order valence-corrected chi connectivity index (χ2v) is 11.3. The van der Waals surface area contributed by atoms with E-state index in [-0.39, 0.29) is 23.0 Å². The molecule has 1 aliphatic heterocycles. The smallest absolute Gasteiger partial charge is 0.344 e. The first-order valence-electron chi connectivity index (χ1n) is 12.2. The summed E-state index contributed by atoms with van der Waals surface area (Å²) in [6, 6.07) is 18.4. The van der Waals surface area contributed by atoms with Crippen LogP contribution in [0.15, 0.2) is 90.8 Å². The van der Waals surface area contributed by atoms with Gasteiger partial charge in [0.15, 0.2) is 11.5 Å². The van der Waals surface area contributed by atoms with Gasteiger partial charge >= 0.3 is 5.97 Å². The Labute approximate surface area is 253 Å². The number of nitrogens with zero attached hydrogens (tertiary/aromatic N) is 1. The minimum absolute atomic E-state index is 0.0657. The van der Waals surface area contributed by atoms with Gasteiger partial charge in [0.2, 0.25) is 0 Å². The minimum Gasteiger partial charge on any atom is -0.506 e. The van der Waals surface area contributed by atoms with Crippen LogP contribution in [0.4, 0.5) is 0 Å². The maximum absolute atomic E-state index is 12.9. The fourth-order valence-electron chi connectivity index (χ4n) is 3.81. The van der Waals surface area contributed by atoms with Crippen LogP contribution in [0.2, 0.25) is 0 Å². The second kappa shape index (κ2) is 13.3. The summed E-state index contributed by atoms with van der Waals surface area (Å²) in [5.74, 6) is -0.606. The van der Waals surface area contributed by atoms with E-state index < -0.39 is 11.9 Å². The number of benzene rings is 3. The summed E-state index contributed by atoms with van der Waals surface area (Å²) in [7, 11) is 1.54. The van der Waals surface area contributed by atoms with Crippen LogP contribution in [0, 0.1) is 6.92 Å². The minimum atomic E-state index is -0.761. The van der Waals surface area contributed by atoms with E-state index >= 15 is 0 Å². The summed E-state index contributed by atoms with van der Waals surface area (Å²) < 4.78 is 18.4. The Morgan fingerprint density at radius 3 is 2.48 bits per heavy atom. The van der Waals surface area contributed by atoms with Gasteiger partial charge in [-0.2, -0.15) is 0 Å². The number of ether oxygens (including phenoxy) is 3. The molecule has 1 heterocycles. The average Bonchev–Trinajstić information content (AvgIpc) is 3.22. The second-order valence-electron chi connectivity index (χ2n) is 8.54. The number of aliphatic hydroxyl groups excluding tert-OH is 1. The van der Waals surface area contributed by atoms with Crippen molar-refractivity contribution in [3.05, 3.63) is 108 Å². The van der Waals surface area contributed by atoms with E-state index in [1.54, 1.807) is 50.3 Å². The number of hydrogen-bond acceptors (Lipinski definition) is 7. The molecular weight excluding hydrogens is 662 g/mol. The lowest BCUT2D eigenvalue weighted by Crippen LogP contribution is -2.14. The van der Waals surface area contributed by atoms with Crippen LogP contribution in [0.3, 0.4) is 0 Å². The number of aryl methyl sites for hydroxylation is 1. The molecule has 0 spiro atoms. The first kappa shape index (κ1) is 29.6. The summed E-state index contributed by atoms with van der Waals surface area (Å²) in [6.45, 7) is 3.90. The number of methoxy groups -OCH3 is 1.